The molecule has 0 amide bonds. The lowest BCUT2D eigenvalue weighted by molar-refractivity contribution is -0.384. The molecule has 3 rings (SSSR count). The summed E-state index contributed by atoms with van der Waals surface area (Å²) in [5, 5.41) is 20.2. The van der Waals surface area contributed by atoms with Crippen LogP contribution in [-0.4, -0.2) is 10.7 Å². The Morgan fingerprint density at radius 3 is 2.50 bits per heavy atom. The second kappa shape index (κ2) is 9.26. The van der Waals surface area contributed by atoms with Crippen LogP contribution >= 0.6 is 0 Å². The highest BCUT2D eigenvalue weighted by Gasteiger charge is 2.15. The quantitative estimate of drug-likeness (QED) is 0.180. The molecule has 6 nitrogen and oxygen atoms in total. The third-order valence-electron chi connectivity index (χ3n) is 4.23. The van der Waals surface area contributed by atoms with Crippen molar-refractivity contribution in [2.75, 3.05) is 0 Å². The van der Waals surface area contributed by atoms with Gasteiger partial charge in [-0.2, -0.15) is 5.26 Å². The van der Waals surface area contributed by atoms with Gasteiger partial charge >= 0.3 is 0 Å². The van der Waals surface area contributed by atoms with Crippen molar-refractivity contribution in [1.29, 1.82) is 5.26 Å². The molecule has 0 aliphatic rings. The van der Waals surface area contributed by atoms with Crippen molar-refractivity contribution in [3.63, 3.8) is 0 Å². The van der Waals surface area contributed by atoms with Crippen molar-refractivity contribution < 1.29 is 18.8 Å². The van der Waals surface area contributed by atoms with E-state index in [4.69, 9.17) is 4.74 Å². The van der Waals surface area contributed by atoms with Crippen molar-refractivity contribution in [2.45, 2.75) is 6.61 Å². The van der Waals surface area contributed by atoms with Crippen LogP contribution in [0, 0.1) is 27.3 Å². The van der Waals surface area contributed by atoms with Crippen molar-refractivity contribution >= 4 is 17.5 Å². The number of allylic oxidation sites excluding steroid dienone is 1. The van der Waals surface area contributed by atoms with Gasteiger partial charge in [0, 0.05) is 23.3 Å². The summed E-state index contributed by atoms with van der Waals surface area (Å²) in [7, 11) is 0. The minimum Gasteiger partial charge on any atom is -0.489 e. The van der Waals surface area contributed by atoms with Crippen LogP contribution in [0.1, 0.15) is 21.5 Å². The molecule has 0 N–H and O–H groups in total. The molecule has 0 spiro atoms. The van der Waals surface area contributed by atoms with E-state index in [-0.39, 0.29) is 29.2 Å². The van der Waals surface area contributed by atoms with E-state index in [2.05, 4.69) is 0 Å². The molecule has 0 bridgehead atoms. The number of nitro groups is 1. The molecule has 3 aromatic carbocycles. The number of ether oxygens (including phenoxy) is 1. The molecule has 0 aliphatic carbocycles. The SMILES string of the molecule is N#C/C(=C\c1ccc(OCc2ccccc2F)cc1)C(=O)c1cccc([N+](=O)[O-])c1. The minimum absolute atomic E-state index is 0.0573. The second-order valence-electron chi connectivity index (χ2n) is 6.26. The summed E-state index contributed by atoms with van der Waals surface area (Å²) in [6.45, 7) is 0.0660. The molecule has 0 fully saturated rings. The zero-order valence-corrected chi connectivity index (χ0v) is 15.6. The van der Waals surface area contributed by atoms with Gasteiger partial charge in [-0.3, -0.25) is 14.9 Å². The van der Waals surface area contributed by atoms with E-state index in [1.54, 1.807) is 42.5 Å². The highest BCUT2D eigenvalue weighted by Crippen LogP contribution is 2.20. The molecule has 0 heterocycles. The Kier molecular flexibility index (Phi) is 6.30. The number of hydrogen-bond donors (Lipinski definition) is 0. The zero-order valence-electron chi connectivity index (χ0n) is 15.6. The molecule has 0 unspecified atom stereocenters. The molecule has 0 saturated carbocycles. The Bertz CT molecular complexity index is 1160. The van der Waals surface area contributed by atoms with Gasteiger partial charge in [0.2, 0.25) is 5.78 Å². The first-order valence-corrected chi connectivity index (χ1v) is 8.85. The normalized spacial score (nSPS) is 10.9. The number of ketones is 1. The summed E-state index contributed by atoms with van der Waals surface area (Å²) < 4.78 is 19.2. The zero-order chi connectivity index (χ0) is 21.5. The summed E-state index contributed by atoms with van der Waals surface area (Å²) in [5.41, 5.74) is 0.672. The third kappa shape index (κ3) is 4.94. The number of Topliss-reactive ketones (excluding diaryl/α,β-unsaturated/α-hetero) is 1. The van der Waals surface area contributed by atoms with Gasteiger partial charge in [0.05, 0.1) is 4.92 Å². The first kappa shape index (κ1) is 20.4. The fourth-order valence-corrected chi connectivity index (χ4v) is 2.67. The van der Waals surface area contributed by atoms with Crippen molar-refractivity contribution in [2.24, 2.45) is 0 Å². The molecule has 30 heavy (non-hydrogen) atoms. The number of nitriles is 1. The summed E-state index contributed by atoms with van der Waals surface area (Å²) in [4.78, 5) is 22.8. The number of carbonyl (C=O) groups excluding carboxylic acids is 1. The van der Waals surface area contributed by atoms with Gasteiger partial charge in [-0.25, -0.2) is 4.39 Å². The van der Waals surface area contributed by atoms with Crippen LogP contribution < -0.4 is 4.74 Å². The topological polar surface area (TPSA) is 93.2 Å². The van der Waals surface area contributed by atoms with Crippen molar-refractivity contribution in [3.05, 3.63) is 111 Å². The third-order valence-corrected chi connectivity index (χ3v) is 4.23. The molecule has 148 valence electrons. The van der Waals surface area contributed by atoms with E-state index < -0.39 is 10.7 Å². The van der Waals surface area contributed by atoms with Crippen LogP contribution in [0.15, 0.2) is 78.4 Å². The van der Waals surface area contributed by atoms with Crippen molar-refractivity contribution in [3.8, 4) is 11.8 Å². The lowest BCUT2D eigenvalue weighted by Gasteiger charge is -2.07. The van der Waals surface area contributed by atoms with Crippen LogP contribution in [0.3, 0.4) is 0 Å². The number of non-ortho nitro benzene ring substituents is 1. The number of nitrogens with zero attached hydrogens (tertiary/aromatic N) is 2. The van der Waals surface area contributed by atoms with Gasteiger partial charge in [-0.15, -0.1) is 0 Å². The monoisotopic (exact) mass is 402 g/mol. The van der Waals surface area contributed by atoms with Crippen LogP contribution in [0.5, 0.6) is 5.75 Å². The predicted octanol–water partition coefficient (Wildman–Crippen LogP) is 5.10. The van der Waals surface area contributed by atoms with Crippen LogP contribution in [0.25, 0.3) is 6.08 Å². The van der Waals surface area contributed by atoms with E-state index in [1.165, 1.54) is 30.3 Å². The van der Waals surface area contributed by atoms with Gasteiger partial charge in [0.25, 0.3) is 5.69 Å². The van der Waals surface area contributed by atoms with Gasteiger partial charge in [-0.1, -0.05) is 42.5 Å². The highest BCUT2D eigenvalue weighted by molar-refractivity contribution is 6.14. The lowest BCUT2D eigenvalue weighted by Crippen LogP contribution is -2.03. The van der Waals surface area contributed by atoms with Crippen LogP contribution in [0.2, 0.25) is 0 Å². The van der Waals surface area contributed by atoms with E-state index in [1.807, 2.05) is 6.07 Å². The Balaban J connectivity index is 1.74. The molecule has 3 aromatic rings. The summed E-state index contributed by atoms with van der Waals surface area (Å²) in [6, 6.07) is 19.9. The van der Waals surface area contributed by atoms with E-state index in [0.717, 1.165) is 6.07 Å². The Hall–Kier alpha value is -4.31. The fraction of sp³-hybridized carbons (Fsp3) is 0.0435. The maximum absolute atomic E-state index is 13.6. The largest absolute Gasteiger partial charge is 0.489 e. The Morgan fingerprint density at radius 2 is 1.83 bits per heavy atom. The number of rotatable bonds is 7. The molecular formula is C23H15FN2O4. The van der Waals surface area contributed by atoms with Gasteiger partial charge < -0.3 is 4.74 Å². The Labute approximate surface area is 171 Å². The van der Waals surface area contributed by atoms with E-state index in [9.17, 15) is 24.6 Å². The standard InChI is InChI=1S/C23H15FN2O4/c24-22-7-2-1-4-18(22)15-30-21-10-8-16(9-11-21)12-19(14-25)23(27)17-5-3-6-20(13-17)26(28)29/h1-13H,15H2/b19-12+. The maximum Gasteiger partial charge on any atom is 0.270 e. The number of carbonyl (C=O) groups is 1. The van der Waals surface area contributed by atoms with Gasteiger partial charge in [0.1, 0.15) is 29.8 Å². The van der Waals surface area contributed by atoms with Crippen LogP contribution in [0.4, 0.5) is 10.1 Å². The molecule has 0 atom stereocenters. The smallest absolute Gasteiger partial charge is 0.270 e. The molecule has 0 saturated heterocycles. The number of halogens is 1. The summed E-state index contributed by atoms with van der Waals surface area (Å²) in [5.74, 6) is -0.463. The molecule has 7 heteroatoms. The van der Waals surface area contributed by atoms with Gasteiger partial charge in [0.15, 0.2) is 0 Å². The predicted molar refractivity (Wildman–Crippen MR) is 108 cm³/mol. The fourth-order valence-electron chi connectivity index (χ4n) is 2.67. The average molecular weight is 402 g/mol. The van der Waals surface area contributed by atoms with E-state index >= 15 is 0 Å². The van der Waals surface area contributed by atoms with Gasteiger partial charge in [-0.05, 0) is 29.8 Å². The molecule has 0 aliphatic heterocycles. The second-order valence-corrected chi connectivity index (χ2v) is 6.26. The minimum atomic E-state index is -0.610. The molecule has 0 aromatic heterocycles. The maximum atomic E-state index is 13.6. The summed E-state index contributed by atoms with van der Waals surface area (Å²) in [6.07, 6.45) is 1.39. The van der Waals surface area contributed by atoms with Crippen LogP contribution in [-0.2, 0) is 6.61 Å². The first-order chi connectivity index (χ1) is 14.5. The average Bonchev–Trinajstić information content (AvgIpc) is 2.77. The number of benzene rings is 3. The Morgan fingerprint density at radius 1 is 1.10 bits per heavy atom. The first-order valence-electron chi connectivity index (χ1n) is 8.85. The van der Waals surface area contributed by atoms with Crippen molar-refractivity contribution in [1.82, 2.24) is 0 Å². The molecule has 0 radical (unpaired) electrons. The molecular weight excluding hydrogens is 387 g/mol. The summed E-state index contributed by atoms with van der Waals surface area (Å²) >= 11 is 0. The lowest BCUT2D eigenvalue weighted by atomic mass is 10.0. The number of hydrogen-bond acceptors (Lipinski definition) is 5. The van der Waals surface area contributed by atoms with E-state index in [0.29, 0.717) is 16.9 Å². The highest BCUT2D eigenvalue weighted by atomic mass is 19.1. The number of nitro benzene ring substituents is 1.